The fraction of sp³-hybridized carbons (Fsp3) is 0.197. The molecule has 0 amide bonds. The summed E-state index contributed by atoms with van der Waals surface area (Å²) in [6, 6.07) is 43.9. The second-order valence-corrected chi connectivity index (χ2v) is 20.3. The van der Waals surface area contributed by atoms with Gasteiger partial charge in [-0.2, -0.15) is 4.58 Å². The van der Waals surface area contributed by atoms with Gasteiger partial charge in [0.15, 0.2) is 0 Å². The summed E-state index contributed by atoms with van der Waals surface area (Å²) in [5, 5.41) is 63.1. The van der Waals surface area contributed by atoms with Crippen LogP contribution in [0.15, 0.2) is 161 Å². The average molecular weight is 1010 g/mol. The number of rotatable bonds is 17. The summed E-state index contributed by atoms with van der Waals surface area (Å²) in [5.41, 5.74) is 10.6. The SMILES string of the molecule is Cc1ccc(CCCc2cc(O)ccc2O)cc1N(CCCc1cc(O)ccc1O)c1ccc2c(-c3ccccc3S(=O)(=O)[O-])c3ccc(=[N+](C)c4cc(CCCc5cc(O)ccc5O)ccc4C)cc-3oc2c1. The molecule has 0 saturated carbocycles. The largest absolute Gasteiger partial charge is 0.744 e. The summed E-state index contributed by atoms with van der Waals surface area (Å²) in [4.78, 5) is 1.83. The van der Waals surface area contributed by atoms with Crippen LogP contribution in [-0.2, 0) is 42.2 Å². The van der Waals surface area contributed by atoms with E-state index in [1.165, 1.54) is 48.5 Å². The molecule has 0 unspecified atom stereocenters. The van der Waals surface area contributed by atoms with Gasteiger partial charge in [0.05, 0.1) is 11.0 Å². The van der Waals surface area contributed by atoms with E-state index >= 15 is 0 Å². The molecule has 378 valence electrons. The zero-order valence-electron chi connectivity index (χ0n) is 41.4. The molecule has 0 saturated heterocycles. The lowest BCUT2D eigenvalue weighted by molar-refractivity contribution is 0.453. The molecule has 1 heterocycles. The number of anilines is 2. The predicted molar refractivity (Wildman–Crippen MR) is 288 cm³/mol. The first-order valence-electron chi connectivity index (χ1n) is 24.6. The van der Waals surface area contributed by atoms with Gasteiger partial charge in [-0.3, -0.25) is 0 Å². The molecule has 7 aromatic carbocycles. The number of phenolic OH excluding ortho intramolecular Hbond substituents is 6. The fourth-order valence-corrected chi connectivity index (χ4v) is 10.6. The first kappa shape index (κ1) is 50.7. The van der Waals surface area contributed by atoms with Crippen LogP contribution in [0.2, 0.25) is 0 Å². The van der Waals surface area contributed by atoms with Crippen LogP contribution in [0, 0.1) is 13.8 Å². The van der Waals surface area contributed by atoms with E-state index in [1.54, 1.807) is 30.3 Å². The summed E-state index contributed by atoms with van der Waals surface area (Å²) in [7, 11) is -2.95. The molecule has 0 spiro atoms. The van der Waals surface area contributed by atoms with Gasteiger partial charge in [-0.05, 0) is 184 Å². The van der Waals surface area contributed by atoms with Crippen LogP contribution >= 0.6 is 0 Å². The lowest BCUT2D eigenvalue weighted by Crippen LogP contribution is -2.22. The van der Waals surface area contributed by atoms with Crippen LogP contribution in [0.25, 0.3) is 33.4 Å². The lowest BCUT2D eigenvalue weighted by atomic mass is 9.93. The summed E-state index contributed by atoms with van der Waals surface area (Å²) < 4.78 is 47.8. The summed E-state index contributed by atoms with van der Waals surface area (Å²) >= 11 is 0. The van der Waals surface area contributed by atoms with Crippen molar-refractivity contribution >= 4 is 38.1 Å². The van der Waals surface area contributed by atoms with Gasteiger partial charge in [0.2, 0.25) is 11.0 Å². The van der Waals surface area contributed by atoms with Crippen LogP contribution in [0.5, 0.6) is 34.5 Å². The highest BCUT2D eigenvalue weighted by Gasteiger charge is 2.24. The van der Waals surface area contributed by atoms with Crippen molar-refractivity contribution in [2.75, 3.05) is 18.5 Å². The van der Waals surface area contributed by atoms with Gasteiger partial charge in [0.1, 0.15) is 63.0 Å². The molecule has 6 N–H and O–H groups in total. The van der Waals surface area contributed by atoms with Gasteiger partial charge in [0, 0.05) is 63.8 Å². The van der Waals surface area contributed by atoms with Gasteiger partial charge in [-0.1, -0.05) is 42.5 Å². The molecule has 0 aromatic heterocycles. The van der Waals surface area contributed by atoms with E-state index in [0.29, 0.717) is 89.6 Å². The highest BCUT2D eigenvalue weighted by atomic mass is 32.2. The number of nitrogens with zero attached hydrogens (tertiary/aromatic N) is 2. The second-order valence-electron chi connectivity index (χ2n) is 19.0. The third-order valence-electron chi connectivity index (χ3n) is 13.9. The molecular weight excluding hydrogens is 953 g/mol. The molecule has 1 aliphatic heterocycles. The average Bonchev–Trinajstić information content (AvgIpc) is 3.38. The van der Waals surface area contributed by atoms with Crippen molar-refractivity contribution in [1.82, 2.24) is 4.58 Å². The Morgan fingerprint density at radius 3 is 1.73 bits per heavy atom. The fourth-order valence-electron chi connectivity index (χ4n) is 9.94. The van der Waals surface area contributed by atoms with Gasteiger partial charge in [0.25, 0.3) is 0 Å². The topological polar surface area (TPSA) is 198 Å². The number of aromatic hydroxyl groups is 6. The minimum Gasteiger partial charge on any atom is -0.744 e. The maximum Gasteiger partial charge on any atom is 0.209 e. The molecule has 0 fully saturated rings. The van der Waals surface area contributed by atoms with E-state index in [-0.39, 0.29) is 45.0 Å². The zero-order valence-corrected chi connectivity index (χ0v) is 42.2. The van der Waals surface area contributed by atoms with Crippen molar-refractivity contribution < 1.29 is 48.0 Å². The van der Waals surface area contributed by atoms with Crippen molar-refractivity contribution in [3.8, 4) is 56.9 Å². The first-order chi connectivity index (χ1) is 35.5. The standard InChI is InChI=1S/C61H58N2O10S/c1-38-16-18-40(9-6-11-42-33-47(64)22-27-55(42)67)31-53(38)62(3)45-20-25-50-58(36-45)73-59-37-46(21-26-51(59)61(50)52-14-4-5-15-60(52)74(70,71)72)63(30-8-13-44-35-49(66)24-29-57(44)69)54-32-41(19-17-39(54)2)10-7-12-43-34-48(65)23-28-56(43)68/h4-5,14-29,31-37H,6-13,30H2,1-3H3,(H6-,64,65,66,67,68,69,70,71,72). The van der Waals surface area contributed by atoms with Gasteiger partial charge in [-0.25, -0.2) is 8.42 Å². The minimum atomic E-state index is -4.92. The molecule has 9 rings (SSSR count). The number of benzene rings is 8. The number of phenols is 6. The number of hydrogen-bond acceptors (Lipinski definition) is 11. The molecule has 13 heteroatoms. The summed E-state index contributed by atoms with van der Waals surface area (Å²) in [6.45, 7) is 4.55. The first-order valence-corrected chi connectivity index (χ1v) is 26.0. The van der Waals surface area contributed by atoms with Crippen molar-refractivity contribution in [2.45, 2.75) is 70.1 Å². The van der Waals surface area contributed by atoms with E-state index in [4.69, 9.17) is 4.42 Å². The molecule has 0 bridgehead atoms. The maximum atomic E-state index is 12.9. The van der Waals surface area contributed by atoms with Gasteiger partial charge in [-0.15, -0.1) is 0 Å². The highest BCUT2D eigenvalue weighted by Crippen LogP contribution is 2.44. The molecule has 1 aliphatic carbocycles. The molecule has 0 radical (unpaired) electrons. The third-order valence-corrected chi connectivity index (χ3v) is 14.7. The lowest BCUT2D eigenvalue weighted by Gasteiger charge is -2.28. The predicted octanol–water partition coefficient (Wildman–Crippen LogP) is 11.8. The monoisotopic (exact) mass is 1010 g/mol. The Kier molecular flexibility index (Phi) is 14.7. The van der Waals surface area contributed by atoms with Gasteiger partial charge >= 0.3 is 0 Å². The smallest absolute Gasteiger partial charge is 0.209 e. The Hall–Kier alpha value is -8.26. The summed E-state index contributed by atoms with van der Waals surface area (Å²) in [6.07, 6.45) is 5.03. The van der Waals surface area contributed by atoms with Crippen LogP contribution in [-0.4, -0.2) is 57.2 Å². The number of aryl methyl sites for hydroxylation is 7. The Morgan fingerprint density at radius 1 is 0.554 bits per heavy atom. The molecule has 12 nitrogen and oxygen atoms in total. The van der Waals surface area contributed by atoms with Crippen LogP contribution in [0.1, 0.15) is 58.2 Å². The van der Waals surface area contributed by atoms with Crippen LogP contribution < -0.4 is 14.8 Å². The maximum absolute atomic E-state index is 12.9. The van der Waals surface area contributed by atoms with E-state index in [1.807, 2.05) is 57.3 Å². The molecular formula is C61H58N2O10S. The van der Waals surface area contributed by atoms with Gasteiger partial charge < -0.3 is 44.5 Å². The van der Waals surface area contributed by atoms with Crippen molar-refractivity contribution in [3.63, 3.8) is 0 Å². The zero-order chi connectivity index (χ0) is 52.3. The van der Waals surface area contributed by atoms with Crippen molar-refractivity contribution in [3.05, 3.63) is 196 Å². The molecule has 7 aromatic rings. The molecule has 2 aliphatic rings. The highest BCUT2D eigenvalue weighted by molar-refractivity contribution is 7.85. The van der Waals surface area contributed by atoms with E-state index < -0.39 is 10.1 Å². The number of hydrogen-bond donors (Lipinski definition) is 6. The Labute approximate surface area is 430 Å². The summed E-state index contributed by atoms with van der Waals surface area (Å²) in [5.74, 6) is 1.08. The molecule has 0 atom stereocenters. The van der Waals surface area contributed by atoms with Crippen LogP contribution in [0.3, 0.4) is 0 Å². The quantitative estimate of drug-likeness (QED) is 0.0220. The third kappa shape index (κ3) is 11.2. The molecule has 74 heavy (non-hydrogen) atoms. The van der Waals surface area contributed by atoms with E-state index in [0.717, 1.165) is 57.5 Å². The normalized spacial score (nSPS) is 12.1. The van der Waals surface area contributed by atoms with Crippen LogP contribution in [0.4, 0.5) is 17.1 Å². The van der Waals surface area contributed by atoms with Crippen molar-refractivity contribution in [2.24, 2.45) is 0 Å². The van der Waals surface area contributed by atoms with E-state index in [2.05, 4.69) is 45.9 Å². The van der Waals surface area contributed by atoms with E-state index in [9.17, 15) is 43.6 Å². The van der Waals surface area contributed by atoms with Crippen molar-refractivity contribution in [1.29, 1.82) is 0 Å². The Bertz CT molecular complexity index is 3720. The number of fused-ring (bicyclic) bond motifs is 2. The second kappa shape index (κ2) is 21.4. The Balaban J connectivity index is 1.14. The minimum absolute atomic E-state index is 0.0565. The Morgan fingerprint density at radius 2 is 1.12 bits per heavy atom.